The van der Waals surface area contributed by atoms with Gasteiger partial charge in [0.1, 0.15) is 18.1 Å². The summed E-state index contributed by atoms with van der Waals surface area (Å²) in [5.41, 5.74) is 10.5. The molecule has 13 heteroatoms. The number of rotatable bonds is 11. The summed E-state index contributed by atoms with van der Waals surface area (Å²) >= 11 is 0. The molecule has 2 aliphatic heterocycles. The molecule has 13 nitrogen and oxygen atoms in total. The van der Waals surface area contributed by atoms with Crippen LogP contribution in [0.25, 0.3) is 33.3 Å². The molecular weight excluding hydrogens is 821 g/mol. The molecule has 2 fully saturated rings. The molecule has 0 spiro atoms. The lowest BCUT2D eigenvalue weighted by Crippen LogP contribution is -2.62. The molecule has 7 rings (SSSR count). The summed E-state index contributed by atoms with van der Waals surface area (Å²) in [6.07, 6.45) is 6.20. The highest BCUT2D eigenvalue weighted by atomic mass is 16.5. The van der Waals surface area contributed by atoms with Gasteiger partial charge in [0.15, 0.2) is 5.78 Å². The van der Waals surface area contributed by atoms with Gasteiger partial charge in [-0.2, -0.15) is 0 Å². The molecule has 2 N–H and O–H groups in total. The fourth-order valence-electron chi connectivity index (χ4n) is 10.2. The number of pyridine rings is 1. The summed E-state index contributed by atoms with van der Waals surface area (Å²) < 4.78 is 14.3. The lowest BCUT2D eigenvalue weighted by molar-refractivity contribution is -0.155. The van der Waals surface area contributed by atoms with Crippen LogP contribution in [0, 0.1) is 23.2 Å². The molecule has 6 bridgehead atoms. The van der Waals surface area contributed by atoms with Crippen molar-refractivity contribution in [1.29, 1.82) is 0 Å². The second kappa shape index (κ2) is 19.8. The average Bonchev–Trinajstić information content (AvgIpc) is 3.92. The SMILES string of the molecule is C=CC(=O)C1CC[C@H](C(=O)N(C)[C@H](C(=O)N[C@H]2Cc3cccc(c3)-c3ccc4c(c3)c(c(-c3cccnc3[C@H](C)OC)n4CC)CC(C)(C)COC(=O)[C@@H]3CCCN(N3)C2=O)C(C)C)C1. The number of hydrogen-bond donors (Lipinski definition) is 2. The van der Waals surface area contributed by atoms with E-state index in [-0.39, 0.29) is 42.7 Å². The Labute approximate surface area is 383 Å². The lowest BCUT2D eigenvalue weighted by Gasteiger charge is -2.37. The molecule has 0 radical (unpaired) electrons. The van der Waals surface area contributed by atoms with Gasteiger partial charge in [-0.3, -0.25) is 34.0 Å². The van der Waals surface area contributed by atoms with E-state index in [1.807, 2.05) is 39.0 Å². The van der Waals surface area contributed by atoms with Crippen molar-refractivity contribution >= 4 is 40.4 Å². The predicted octanol–water partition coefficient (Wildman–Crippen LogP) is 7.40. The Balaban J connectivity index is 1.29. The third-order valence-electron chi connectivity index (χ3n) is 13.7. The van der Waals surface area contributed by atoms with Gasteiger partial charge < -0.3 is 24.3 Å². The van der Waals surface area contributed by atoms with E-state index in [4.69, 9.17) is 14.5 Å². The molecule has 1 unspecified atom stereocenters. The molecule has 4 heterocycles. The number of amides is 3. The van der Waals surface area contributed by atoms with E-state index in [1.165, 1.54) is 16.0 Å². The molecule has 2 aromatic heterocycles. The number of methoxy groups -OCH3 is 1. The number of ketones is 1. The van der Waals surface area contributed by atoms with Crippen molar-refractivity contribution in [3.8, 4) is 22.4 Å². The molecule has 3 aliphatic rings. The number of nitrogens with one attached hydrogen (secondary N) is 2. The van der Waals surface area contributed by atoms with Crippen molar-refractivity contribution in [3.05, 3.63) is 90.3 Å². The van der Waals surface area contributed by atoms with Gasteiger partial charge in [-0.15, -0.1) is 0 Å². The Morgan fingerprint density at radius 2 is 1.80 bits per heavy atom. The highest BCUT2D eigenvalue weighted by Crippen LogP contribution is 2.42. The number of hydrazine groups is 1. The molecule has 1 aliphatic carbocycles. The third kappa shape index (κ3) is 9.96. The molecular formula is C52H66N6O7. The van der Waals surface area contributed by atoms with Gasteiger partial charge in [-0.25, -0.2) is 5.43 Å². The molecule has 2 aromatic carbocycles. The Morgan fingerprint density at radius 1 is 1.05 bits per heavy atom. The fourth-order valence-corrected chi connectivity index (χ4v) is 10.2. The van der Waals surface area contributed by atoms with Crippen LogP contribution in [-0.2, 0) is 52.8 Å². The molecule has 3 amide bonds. The normalized spacial score (nSPS) is 22.2. The minimum Gasteiger partial charge on any atom is -0.464 e. The van der Waals surface area contributed by atoms with Crippen molar-refractivity contribution in [2.75, 3.05) is 27.3 Å². The summed E-state index contributed by atoms with van der Waals surface area (Å²) in [7, 11) is 3.32. The zero-order valence-electron chi connectivity index (χ0n) is 39.3. The van der Waals surface area contributed by atoms with Crippen LogP contribution < -0.4 is 10.7 Å². The van der Waals surface area contributed by atoms with Crippen LogP contribution in [0.2, 0.25) is 0 Å². The number of likely N-dealkylation sites (N-methyl/N-ethyl adjacent to an activating group) is 1. The summed E-state index contributed by atoms with van der Waals surface area (Å²) in [4.78, 5) is 75.7. The Bertz CT molecular complexity index is 2460. The second-order valence-electron chi connectivity index (χ2n) is 19.3. The average molecular weight is 887 g/mol. The van der Waals surface area contributed by atoms with Gasteiger partial charge in [0.2, 0.25) is 11.8 Å². The van der Waals surface area contributed by atoms with Crippen molar-refractivity contribution in [1.82, 2.24) is 30.2 Å². The van der Waals surface area contributed by atoms with Crippen LogP contribution in [0.3, 0.4) is 0 Å². The number of aryl methyl sites for hydroxylation is 1. The molecule has 1 saturated carbocycles. The summed E-state index contributed by atoms with van der Waals surface area (Å²) in [6, 6.07) is 15.9. The van der Waals surface area contributed by atoms with E-state index in [9.17, 15) is 24.0 Å². The highest BCUT2D eigenvalue weighted by Gasteiger charge is 2.41. The number of esters is 1. The van der Waals surface area contributed by atoms with Crippen LogP contribution in [0.15, 0.2) is 73.4 Å². The number of aromatic nitrogens is 2. The third-order valence-corrected chi connectivity index (χ3v) is 13.7. The van der Waals surface area contributed by atoms with Gasteiger partial charge in [0.05, 0.1) is 24.1 Å². The zero-order chi connectivity index (χ0) is 46.7. The molecule has 4 aromatic rings. The monoisotopic (exact) mass is 886 g/mol. The largest absolute Gasteiger partial charge is 0.464 e. The first-order valence-corrected chi connectivity index (χ1v) is 23.3. The molecule has 6 atom stereocenters. The lowest BCUT2D eigenvalue weighted by atomic mass is 9.84. The van der Waals surface area contributed by atoms with Crippen LogP contribution in [0.5, 0.6) is 0 Å². The van der Waals surface area contributed by atoms with Gasteiger partial charge in [-0.05, 0) is 111 Å². The van der Waals surface area contributed by atoms with Gasteiger partial charge in [0, 0.05) is 73.6 Å². The molecule has 65 heavy (non-hydrogen) atoms. The van der Waals surface area contributed by atoms with Gasteiger partial charge in [-0.1, -0.05) is 64.6 Å². The van der Waals surface area contributed by atoms with Crippen LogP contribution in [0.4, 0.5) is 0 Å². The minimum absolute atomic E-state index is 0.0669. The van der Waals surface area contributed by atoms with E-state index in [0.717, 1.165) is 50.1 Å². The number of cyclic esters (lactones) is 1. The number of fused-ring (bicyclic) bond motifs is 6. The Hall–Kier alpha value is -5.66. The molecule has 1 saturated heterocycles. The first-order chi connectivity index (χ1) is 31.0. The zero-order valence-corrected chi connectivity index (χ0v) is 39.3. The number of allylic oxidation sites excluding steroid dienone is 1. The van der Waals surface area contributed by atoms with Crippen LogP contribution in [-0.4, -0.2) is 94.4 Å². The number of nitrogens with zero attached hydrogens (tertiary/aromatic N) is 4. The maximum atomic E-state index is 14.7. The van der Waals surface area contributed by atoms with Crippen molar-refractivity contribution in [2.24, 2.45) is 23.2 Å². The highest BCUT2D eigenvalue weighted by molar-refractivity contribution is 5.96. The maximum absolute atomic E-state index is 14.7. The van der Waals surface area contributed by atoms with Crippen molar-refractivity contribution in [2.45, 2.75) is 117 Å². The van der Waals surface area contributed by atoms with E-state index in [1.54, 1.807) is 20.4 Å². The summed E-state index contributed by atoms with van der Waals surface area (Å²) in [5, 5.41) is 5.59. The standard InChI is InChI=1S/C52H66N6O7/c1-10-44(59)36-19-20-37(27-36)49(61)56(8)46(31(3)4)48(60)54-42-26-33-15-12-16-34(25-33)35-21-22-43-39(28-35)40(47(57(43)11-2)38-17-13-23-53-45(38)32(5)64-9)29-52(6,7)30-65-51(63)41-18-14-24-58(55-41)50(42)62/h10,12-13,15-17,21-23,25,28,31-32,36-37,41-42,46,55H,1,11,14,18-20,24,26-27,29-30H2,2-9H3,(H,54,60)/t32-,36?,37-,41-,42-,46-/m0/s1. The summed E-state index contributed by atoms with van der Waals surface area (Å²) in [5.74, 6) is -2.49. The maximum Gasteiger partial charge on any atom is 0.324 e. The number of benzene rings is 2. The number of hydrogen-bond acceptors (Lipinski definition) is 9. The molecule has 346 valence electrons. The topological polar surface area (TPSA) is 152 Å². The van der Waals surface area contributed by atoms with Gasteiger partial charge in [0.25, 0.3) is 5.91 Å². The predicted molar refractivity (Wildman–Crippen MR) is 251 cm³/mol. The van der Waals surface area contributed by atoms with Gasteiger partial charge >= 0.3 is 5.97 Å². The second-order valence-corrected chi connectivity index (χ2v) is 19.3. The van der Waals surface area contributed by atoms with E-state index < -0.39 is 47.2 Å². The fraction of sp³-hybridized carbons (Fsp3) is 0.500. The van der Waals surface area contributed by atoms with E-state index >= 15 is 0 Å². The number of carbonyl (C=O) groups excluding carboxylic acids is 5. The van der Waals surface area contributed by atoms with Crippen LogP contribution >= 0.6 is 0 Å². The van der Waals surface area contributed by atoms with Crippen LogP contribution in [0.1, 0.15) is 96.6 Å². The smallest absolute Gasteiger partial charge is 0.324 e. The Morgan fingerprint density at radius 3 is 2.52 bits per heavy atom. The summed E-state index contributed by atoms with van der Waals surface area (Å²) in [6.45, 7) is 16.9. The number of ether oxygens (including phenoxy) is 2. The Kier molecular flexibility index (Phi) is 14.4. The first-order valence-electron chi connectivity index (χ1n) is 23.3. The van der Waals surface area contributed by atoms with E-state index in [2.05, 4.69) is 79.1 Å². The number of carbonyl (C=O) groups is 5. The first kappa shape index (κ1) is 47.3. The quantitative estimate of drug-likeness (QED) is 0.116. The van der Waals surface area contributed by atoms with Crippen molar-refractivity contribution < 1.29 is 33.4 Å². The van der Waals surface area contributed by atoms with Crippen molar-refractivity contribution in [3.63, 3.8) is 0 Å². The minimum atomic E-state index is -1.04. The van der Waals surface area contributed by atoms with E-state index in [0.29, 0.717) is 51.6 Å².